The molecule has 1 aliphatic rings. The second-order valence-corrected chi connectivity index (χ2v) is 12.8. The number of halogens is 2. The number of aromatic nitrogens is 2. The second-order valence-electron chi connectivity index (χ2n) is 10.9. The first-order valence-corrected chi connectivity index (χ1v) is 16.0. The monoisotopic (exact) mass is 664 g/mol. The second kappa shape index (κ2) is 15.0. The summed E-state index contributed by atoms with van der Waals surface area (Å²) < 4.78 is 72.8. The third kappa shape index (κ3) is 8.17. The fourth-order valence-corrected chi connectivity index (χ4v) is 6.32. The standard InChI is InChI=1S/C30H38F2N6O7S/c1-6-44-30(40)38-27-9-10-37(46(41,42)23-14-20(31)13-21(32)15-23)17-25(27)28(35-38)34-29(39)24-8-7-22(45-12-11-36(3)4)16-26(24)33-19(2)18-43-5/h7-8,13-16,19,33H,6,9-12,17-18H2,1-5H3,(H,34,35,39)/t19-/m0/s1. The number of hydrogen-bond donors (Lipinski definition) is 2. The van der Waals surface area contributed by atoms with E-state index in [1.54, 1.807) is 32.2 Å². The molecule has 0 fully saturated rings. The van der Waals surface area contributed by atoms with Gasteiger partial charge in [-0.2, -0.15) is 8.99 Å². The summed E-state index contributed by atoms with van der Waals surface area (Å²) in [4.78, 5) is 27.9. The van der Waals surface area contributed by atoms with Crippen LogP contribution in [0.5, 0.6) is 5.75 Å². The zero-order valence-corrected chi connectivity index (χ0v) is 27.1. The van der Waals surface area contributed by atoms with E-state index < -0.39 is 38.6 Å². The Labute approximate surface area is 266 Å². The highest BCUT2D eigenvalue weighted by Crippen LogP contribution is 2.32. The van der Waals surface area contributed by atoms with Crippen molar-refractivity contribution < 1.29 is 41.0 Å². The molecule has 1 aromatic heterocycles. The average Bonchev–Trinajstić information content (AvgIpc) is 3.34. The fourth-order valence-electron chi connectivity index (χ4n) is 4.87. The summed E-state index contributed by atoms with van der Waals surface area (Å²) in [6, 6.07) is 6.76. The van der Waals surface area contributed by atoms with Gasteiger partial charge in [0.25, 0.3) is 5.91 Å². The Morgan fingerprint density at radius 1 is 1.13 bits per heavy atom. The quantitative estimate of drug-likeness (QED) is 0.278. The first-order chi connectivity index (χ1) is 21.8. The number of rotatable bonds is 13. The Morgan fingerprint density at radius 3 is 2.50 bits per heavy atom. The maximum Gasteiger partial charge on any atom is 0.434 e. The minimum Gasteiger partial charge on any atom is -0.492 e. The van der Waals surface area contributed by atoms with Crippen LogP contribution < -0.4 is 15.4 Å². The highest BCUT2D eigenvalue weighted by atomic mass is 32.2. The van der Waals surface area contributed by atoms with Gasteiger partial charge < -0.3 is 29.7 Å². The molecule has 13 nitrogen and oxygen atoms in total. The number of carbonyl (C=O) groups excluding carboxylic acids is 2. The average molecular weight is 665 g/mol. The number of fused-ring (bicyclic) bond motifs is 1. The van der Waals surface area contributed by atoms with Gasteiger partial charge in [0.1, 0.15) is 24.0 Å². The lowest BCUT2D eigenvalue weighted by molar-refractivity contribution is 0.102. The number of carbonyl (C=O) groups is 2. The topological polar surface area (TPSA) is 144 Å². The van der Waals surface area contributed by atoms with Gasteiger partial charge in [-0.15, -0.1) is 5.10 Å². The molecule has 16 heteroatoms. The highest BCUT2D eigenvalue weighted by molar-refractivity contribution is 7.89. The summed E-state index contributed by atoms with van der Waals surface area (Å²) in [6.07, 6.45) is -0.799. The van der Waals surface area contributed by atoms with Gasteiger partial charge in [0.05, 0.1) is 35.1 Å². The number of ether oxygens (including phenoxy) is 3. The smallest absolute Gasteiger partial charge is 0.434 e. The lowest BCUT2D eigenvalue weighted by atomic mass is 10.1. The summed E-state index contributed by atoms with van der Waals surface area (Å²) in [6.45, 7) is 4.55. The molecule has 2 N–H and O–H groups in total. The van der Waals surface area contributed by atoms with Gasteiger partial charge in [-0.1, -0.05) is 0 Å². The van der Waals surface area contributed by atoms with Gasteiger partial charge in [0.2, 0.25) is 10.0 Å². The SMILES string of the molecule is CCOC(=O)n1nc(NC(=O)c2ccc(OCCN(C)C)cc2N[C@@H](C)COC)c2c1CCN(S(=O)(=O)c1cc(F)cc(F)c1)C2. The number of nitrogens with zero attached hydrogens (tertiary/aromatic N) is 4. The predicted octanol–water partition coefficient (Wildman–Crippen LogP) is 3.55. The molecule has 2 heterocycles. The number of amides is 1. The Bertz CT molecular complexity index is 1660. The first kappa shape index (κ1) is 34.7. The van der Waals surface area contributed by atoms with Crippen LogP contribution >= 0.6 is 0 Å². The van der Waals surface area contributed by atoms with Crippen molar-refractivity contribution in [3.8, 4) is 5.75 Å². The molecule has 2 aromatic carbocycles. The molecule has 0 saturated carbocycles. The zero-order valence-electron chi connectivity index (χ0n) is 26.3. The number of hydrogen-bond acceptors (Lipinski definition) is 10. The molecular weight excluding hydrogens is 626 g/mol. The Hall–Kier alpha value is -4.12. The summed E-state index contributed by atoms with van der Waals surface area (Å²) in [5.41, 5.74) is 1.24. The van der Waals surface area contributed by atoms with Crippen LogP contribution in [-0.2, 0) is 32.5 Å². The maximum absolute atomic E-state index is 13.9. The van der Waals surface area contributed by atoms with E-state index in [9.17, 15) is 26.8 Å². The molecule has 1 amide bonds. The van der Waals surface area contributed by atoms with Crippen molar-refractivity contribution in [2.24, 2.45) is 0 Å². The highest BCUT2D eigenvalue weighted by Gasteiger charge is 2.35. The van der Waals surface area contributed by atoms with Gasteiger partial charge in [-0.25, -0.2) is 22.0 Å². The molecule has 0 aliphatic carbocycles. The van der Waals surface area contributed by atoms with Crippen molar-refractivity contribution in [2.75, 3.05) is 64.7 Å². The number of nitrogens with one attached hydrogen (secondary N) is 2. The number of anilines is 2. The van der Waals surface area contributed by atoms with E-state index in [0.717, 1.165) is 21.1 Å². The van der Waals surface area contributed by atoms with E-state index >= 15 is 0 Å². The molecular formula is C30H38F2N6O7S. The third-order valence-electron chi connectivity index (χ3n) is 7.03. The Morgan fingerprint density at radius 2 is 1.85 bits per heavy atom. The summed E-state index contributed by atoms with van der Waals surface area (Å²) in [5.74, 6) is -2.23. The van der Waals surface area contributed by atoms with E-state index in [-0.39, 0.29) is 49.1 Å². The minimum atomic E-state index is -4.36. The molecule has 250 valence electrons. The molecule has 46 heavy (non-hydrogen) atoms. The number of sulfonamides is 1. The summed E-state index contributed by atoms with van der Waals surface area (Å²) >= 11 is 0. The van der Waals surface area contributed by atoms with Gasteiger partial charge in [0.15, 0.2) is 5.82 Å². The molecule has 0 saturated heterocycles. The van der Waals surface area contributed by atoms with Crippen LogP contribution in [0.25, 0.3) is 0 Å². The van der Waals surface area contributed by atoms with Gasteiger partial charge in [-0.3, -0.25) is 4.79 Å². The zero-order chi connectivity index (χ0) is 33.6. The molecule has 0 bridgehead atoms. The molecule has 3 aromatic rings. The van der Waals surface area contributed by atoms with Gasteiger partial charge in [0, 0.05) is 56.9 Å². The summed E-state index contributed by atoms with van der Waals surface area (Å²) in [5, 5.41) is 10.3. The van der Waals surface area contributed by atoms with E-state index in [1.165, 1.54) is 0 Å². The van der Waals surface area contributed by atoms with Crippen molar-refractivity contribution >= 4 is 33.5 Å². The van der Waals surface area contributed by atoms with Gasteiger partial charge in [-0.05, 0) is 52.2 Å². The number of methoxy groups -OCH3 is 1. The van der Waals surface area contributed by atoms with Crippen LogP contribution in [0.2, 0.25) is 0 Å². The van der Waals surface area contributed by atoms with Crippen LogP contribution in [0, 0.1) is 11.6 Å². The van der Waals surface area contributed by atoms with Crippen molar-refractivity contribution in [1.29, 1.82) is 0 Å². The Kier molecular flexibility index (Phi) is 11.3. The largest absolute Gasteiger partial charge is 0.492 e. The van der Waals surface area contributed by atoms with E-state index in [1.807, 2.05) is 25.9 Å². The predicted molar refractivity (Wildman–Crippen MR) is 166 cm³/mol. The summed E-state index contributed by atoms with van der Waals surface area (Å²) in [7, 11) is 1.05. The fraction of sp³-hybridized carbons (Fsp3) is 0.433. The van der Waals surface area contributed by atoms with Crippen LogP contribution in [-0.4, -0.2) is 99.6 Å². The maximum atomic E-state index is 13.9. The van der Waals surface area contributed by atoms with E-state index in [4.69, 9.17) is 14.2 Å². The van der Waals surface area contributed by atoms with Crippen LogP contribution in [0.3, 0.4) is 0 Å². The van der Waals surface area contributed by atoms with Crippen LogP contribution in [0.15, 0.2) is 41.3 Å². The van der Waals surface area contributed by atoms with E-state index in [2.05, 4.69) is 15.7 Å². The molecule has 4 rings (SSSR count). The number of likely N-dealkylation sites (N-methyl/N-ethyl adjacent to an activating group) is 1. The molecule has 0 unspecified atom stereocenters. The normalized spacial score (nSPS) is 14.1. The molecule has 1 aliphatic heterocycles. The third-order valence-corrected chi connectivity index (χ3v) is 8.85. The Balaban J connectivity index is 1.68. The van der Waals surface area contributed by atoms with Gasteiger partial charge >= 0.3 is 6.09 Å². The molecule has 0 radical (unpaired) electrons. The first-order valence-electron chi connectivity index (χ1n) is 14.6. The molecule has 0 spiro atoms. The van der Waals surface area contributed by atoms with Crippen molar-refractivity contribution in [3.05, 3.63) is 64.9 Å². The lowest BCUT2D eigenvalue weighted by Crippen LogP contribution is -2.37. The van der Waals surface area contributed by atoms with Crippen molar-refractivity contribution in [2.45, 2.75) is 37.8 Å². The van der Waals surface area contributed by atoms with Crippen LogP contribution in [0.1, 0.15) is 35.5 Å². The molecule has 1 atom stereocenters. The number of benzene rings is 2. The lowest BCUT2D eigenvalue weighted by Gasteiger charge is -2.27. The minimum absolute atomic E-state index is 0.00830. The van der Waals surface area contributed by atoms with Crippen molar-refractivity contribution in [1.82, 2.24) is 19.0 Å². The van der Waals surface area contributed by atoms with Crippen molar-refractivity contribution in [3.63, 3.8) is 0 Å². The van der Waals surface area contributed by atoms with E-state index in [0.29, 0.717) is 43.0 Å². The van der Waals surface area contributed by atoms with Crippen LogP contribution in [0.4, 0.5) is 25.1 Å².